The van der Waals surface area contributed by atoms with Gasteiger partial charge in [-0.25, -0.2) is 4.98 Å². The quantitative estimate of drug-likeness (QED) is 0.869. The number of hydrogen-bond donors (Lipinski definition) is 1. The van der Waals surface area contributed by atoms with E-state index in [2.05, 4.69) is 16.4 Å². The maximum atomic E-state index is 12.5. The third-order valence-electron chi connectivity index (χ3n) is 3.92. The van der Waals surface area contributed by atoms with Crippen LogP contribution in [0.3, 0.4) is 0 Å². The standard InChI is InChI=1S/C16H14ClN3O2/c1-2-22-14-11(4-3-7-19-14)16(17)12-8-10(9-18)5-6-13(12)20-15(16)21/h3-7,12H,2,8H2,1H3,(H,20,21). The van der Waals surface area contributed by atoms with Crippen molar-refractivity contribution in [3.8, 4) is 11.9 Å². The van der Waals surface area contributed by atoms with Crippen molar-refractivity contribution in [1.82, 2.24) is 10.3 Å². The molecule has 0 aromatic carbocycles. The fourth-order valence-corrected chi connectivity index (χ4v) is 3.27. The van der Waals surface area contributed by atoms with Crippen LogP contribution in [-0.4, -0.2) is 17.5 Å². The highest BCUT2D eigenvalue weighted by Crippen LogP contribution is 2.50. The number of alkyl halides is 1. The average Bonchev–Trinajstić information content (AvgIpc) is 2.80. The molecule has 22 heavy (non-hydrogen) atoms. The molecule has 0 saturated carbocycles. The summed E-state index contributed by atoms with van der Waals surface area (Å²) in [5.41, 5.74) is 1.85. The Morgan fingerprint density at radius 2 is 2.41 bits per heavy atom. The number of fused-ring (bicyclic) bond motifs is 1. The van der Waals surface area contributed by atoms with Crippen LogP contribution in [0.15, 0.2) is 41.8 Å². The SMILES string of the molecule is CCOc1ncccc1C1(Cl)C(=O)NC2=CC=C(C#N)CC21. The van der Waals surface area contributed by atoms with Gasteiger partial charge in [0, 0.05) is 28.9 Å². The molecule has 112 valence electrons. The Morgan fingerprint density at radius 1 is 1.59 bits per heavy atom. The largest absolute Gasteiger partial charge is 0.478 e. The number of hydrogen-bond acceptors (Lipinski definition) is 4. The molecule has 6 heteroatoms. The molecule has 2 atom stereocenters. The summed E-state index contributed by atoms with van der Waals surface area (Å²) in [6.07, 6.45) is 5.46. The van der Waals surface area contributed by atoms with Crippen molar-refractivity contribution in [2.75, 3.05) is 6.61 Å². The number of allylic oxidation sites excluding steroid dienone is 4. The van der Waals surface area contributed by atoms with Gasteiger partial charge in [0.15, 0.2) is 4.87 Å². The third kappa shape index (κ3) is 2.08. The first kappa shape index (κ1) is 14.6. The van der Waals surface area contributed by atoms with E-state index >= 15 is 0 Å². The summed E-state index contributed by atoms with van der Waals surface area (Å²) in [6.45, 7) is 2.27. The Hall–Kier alpha value is -2.32. The maximum Gasteiger partial charge on any atom is 0.250 e. The van der Waals surface area contributed by atoms with Gasteiger partial charge in [0.25, 0.3) is 5.91 Å². The van der Waals surface area contributed by atoms with E-state index in [1.807, 2.05) is 6.92 Å². The second kappa shape index (κ2) is 5.47. The average molecular weight is 316 g/mol. The molecule has 3 rings (SSSR count). The van der Waals surface area contributed by atoms with Gasteiger partial charge in [0.1, 0.15) is 0 Å². The molecule has 1 saturated heterocycles. The maximum absolute atomic E-state index is 12.5. The lowest BCUT2D eigenvalue weighted by Gasteiger charge is -2.28. The van der Waals surface area contributed by atoms with Gasteiger partial charge in [-0.3, -0.25) is 4.79 Å². The molecule has 1 fully saturated rings. The summed E-state index contributed by atoms with van der Waals surface area (Å²) < 4.78 is 5.52. The molecule has 1 amide bonds. The molecule has 1 aliphatic heterocycles. The molecule has 2 heterocycles. The second-order valence-electron chi connectivity index (χ2n) is 5.14. The monoisotopic (exact) mass is 315 g/mol. The van der Waals surface area contributed by atoms with Gasteiger partial charge in [-0.2, -0.15) is 5.26 Å². The lowest BCUT2D eigenvalue weighted by molar-refractivity contribution is -0.121. The number of carbonyl (C=O) groups excluding carboxylic acids is 1. The van der Waals surface area contributed by atoms with Crippen molar-refractivity contribution in [2.24, 2.45) is 5.92 Å². The molecular weight excluding hydrogens is 302 g/mol. The predicted octanol–water partition coefficient (Wildman–Crippen LogP) is 2.40. The molecule has 5 nitrogen and oxygen atoms in total. The minimum absolute atomic E-state index is 0.313. The van der Waals surface area contributed by atoms with Crippen LogP contribution in [-0.2, 0) is 9.67 Å². The summed E-state index contributed by atoms with van der Waals surface area (Å²) in [6, 6.07) is 5.60. The van der Waals surface area contributed by atoms with Gasteiger partial charge in [0.05, 0.1) is 12.7 Å². The van der Waals surface area contributed by atoms with Gasteiger partial charge in [-0.05, 0) is 37.6 Å². The predicted molar refractivity (Wildman–Crippen MR) is 81.0 cm³/mol. The molecule has 1 aromatic heterocycles. The van der Waals surface area contributed by atoms with Crippen molar-refractivity contribution < 1.29 is 9.53 Å². The van der Waals surface area contributed by atoms with Crippen LogP contribution in [0.1, 0.15) is 18.9 Å². The molecule has 0 radical (unpaired) electrons. The Balaban J connectivity index is 2.09. The molecule has 2 aliphatic rings. The van der Waals surface area contributed by atoms with Crippen LogP contribution in [0.25, 0.3) is 0 Å². The molecule has 0 bridgehead atoms. The zero-order valence-electron chi connectivity index (χ0n) is 12.0. The van der Waals surface area contributed by atoms with Gasteiger partial charge in [-0.15, -0.1) is 11.6 Å². The first-order valence-electron chi connectivity index (χ1n) is 7.00. The number of halogens is 1. The lowest BCUT2D eigenvalue weighted by Crippen LogP contribution is -2.35. The van der Waals surface area contributed by atoms with Gasteiger partial charge in [-0.1, -0.05) is 0 Å². The second-order valence-corrected chi connectivity index (χ2v) is 5.73. The Kier molecular flexibility index (Phi) is 3.63. The zero-order chi connectivity index (χ0) is 15.7. The van der Waals surface area contributed by atoms with E-state index in [9.17, 15) is 4.79 Å². The summed E-state index contributed by atoms with van der Waals surface area (Å²) in [5, 5.41) is 11.9. The van der Waals surface area contributed by atoms with Crippen molar-refractivity contribution in [3.63, 3.8) is 0 Å². The van der Waals surface area contributed by atoms with E-state index in [1.54, 1.807) is 30.5 Å². The summed E-state index contributed by atoms with van der Waals surface area (Å²) in [4.78, 5) is 15.4. The van der Waals surface area contributed by atoms with Gasteiger partial charge < -0.3 is 10.1 Å². The fourth-order valence-electron chi connectivity index (χ4n) is 2.88. The van der Waals surface area contributed by atoms with E-state index < -0.39 is 4.87 Å². The first-order chi connectivity index (χ1) is 10.6. The number of pyridine rings is 1. The van der Waals surface area contributed by atoms with Crippen LogP contribution in [0.5, 0.6) is 5.88 Å². The number of amides is 1. The highest BCUT2D eigenvalue weighted by atomic mass is 35.5. The highest BCUT2D eigenvalue weighted by molar-refractivity contribution is 6.36. The molecule has 2 unspecified atom stereocenters. The Labute approximate surface area is 133 Å². The summed E-state index contributed by atoms with van der Waals surface area (Å²) in [7, 11) is 0. The van der Waals surface area contributed by atoms with E-state index in [-0.39, 0.29) is 11.8 Å². The van der Waals surface area contributed by atoms with Crippen LogP contribution >= 0.6 is 11.6 Å². The van der Waals surface area contributed by atoms with Crippen LogP contribution < -0.4 is 10.1 Å². The normalized spacial score (nSPS) is 26.4. The fraction of sp³-hybridized carbons (Fsp3) is 0.312. The van der Waals surface area contributed by atoms with Gasteiger partial charge >= 0.3 is 0 Å². The number of nitrogens with zero attached hydrogens (tertiary/aromatic N) is 2. The van der Waals surface area contributed by atoms with Crippen LogP contribution in [0.2, 0.25) is 0 Å². The van der Waals surface area contributed by atoms with Crippen molar-refractivity contribution in [2.45, 2.75) is 18.2 Å². The van der Waals surface area contributed by atoms with Crippen molar-refractivity contribution >= 4 is 17.5 Å². The van der Waals surface area contributed by atoms with Crippen molar-refractivity contribution in [1.29, 1.82) is 5.26 Å². The van der Waals surface area contributed by atoms with Crippen LogP contribution in [0.4, 0.5) is 0 Å². The molecule has 0 spiro atoms. The first-order valence-corrected chi connectivity index (χ1v) is 7.38. The Morgan fingerprint density at radius 3 is 3.14 bits per heavy atom. The lowest BCUT2D eigenvalue weighted by atomic mass is 9.80. The molecular formula is C16H14ClN3O2. The number of aromatic nitrogens is 1. The highest BCUT2D eigenvalue weighted by Gasteiger charge is 2.55. The van der Waals surface area contributed by atoms with E-state index in [0.717, 1.165) is 5.70 Å². The molecule has 1 N–H and O–H groups in total. The summed E-state index contributed by atoms with van der Waals surface area (Å²) in [5.74, 6) is -0.291. The number of nitriles is 1. The zero-order valence-corrected chi connectivity index (χ0v) is 12.7. The van der Waals surface area contributed by atoms with Gasteiger partial charge in [0.2, 0.25) is 5.88 Å². The topological polar surface area (TPSA) is 75.0 Å². The summed E-state index contributed by atoms with van der Waals surface area (Å²) >= 11 is 6.77. The van der Waals surface area contributed by atoms with E-state index in [1.165, 1.54) is 0 Å². The Bertz CT molecular complexity index is 735. The minimum atomic E-state index is -1.32. The number of carbonyl (C=O) groups is 1. The van der Waals surface area contributed by atoms with E-state index in [4.69, 9.17) is 21.6 Å². The number of nitrogens with one attached hydrogen (secondary N) is 1. The molecule has 1 aliphatic carbocycles. The third-order valence-corrected chi connectivity index (χ3v) is 4.56. The smallest absolute Gasteiger partial charge is 0.250 e. The molecule has 1 aromatic rings. The van der Waals surface area contributed by atoms with Crippen LogP contribution in [0, 0.1) is 17.2 Å². The van der Waals surface area contributed by atoms with Crippen molar-refractivity contribution in [3.05, 3.63) is 47.3 Å². The van der Waals surface area contributed by atoms with E-state index in [0.29, 0.717) is 30.0 Å². The number of rotatable bonds is 3. The minimum Gasteiger partial charge on any atom is -0.478 e. The number of ether oxygens (including phenoxy) is 1.